The first-order valence-electron chi connectivity index (χ1n) is 9.25. The van der Waals surface area contributed by atoms with E-state index in [1.54, 1.807) is 23.7 Å². The Bertz CT molecular complexity index is 1040. The van der Waals surface area contributed by atoms with Gasteiger partial charge in [0.15, 0.2) is 0 Å². The maximum Gasteiger partial charge on any atom is 0.223 e. The average molecular weight is 392 g/mol. The molecule has 0 aliphatic rings. The van der Waals surface area contributed by atoms with Crippen LogP contribution in [0, 0.1) is 6.92 Å². The van der Waals surface area contributed by atoms with Crippen LogP contribution in [0.15, 0.2) is 52.8 Å². The number of rotatable bonds is 7. The summed E-state index contributed by atoms with van der Waals surface area (Å²) in [6.07, 6.45) is 7.09. The Kier molecular flexibility index (Phi) is 5.43. The van der Waals surface area contributed by atoms with Gasteiger partial charge in [-0.15, -0.1) is 11.3 Å². The standard InChI is InChI=1S/C21H21N5OS/c1-3-18-19(14(2)26-27-18)20-17(15-6-9-22-10-7-15)13-24-21(25-20)23-11-8-16-5-4-12-28-16/h4-7,9-10,12-13H,3,8,11H2,1-2H3,(H,23,24,25). The molecule has 0 atom stereocenters. The number of hydrogen-bond acceptors (Lipinski definition) is 7. The first-order valence-corrected chi connectivity index (χ1v) is 10.1. The second-order valence-electron chi connectivity index (χ2n) is 6.37. The molecule has 1 N–H and O–H groups in total. The van der Waals surface area contributed by atoms with E-state index in [1.807, 2.05) is 25.3 Å². The largest absolute Gasteiger partial charge is 0.360 e. The number of pyridine rings is 1. The smallest absolute Gasteiger partial charge is 0.223 e. The van der Waals surface area contributed by atoms with Crippen LogP contribution in [0.1, 0.15) is 23.3 Å². The minimum atomic E-state index is 0.604. The zero-order chi connectivity index (χ0) is 19.3. The van der Waals surface area contributed by atoms with Crippen LogP contribution in [0.5, 0.6) is 0 Å². The molecule has 4 heterocycles. The molecule has 0 radical (unpaired) electrons. The van der Waals surface area contributed by atoms with Crippen LogP contribution < -0.4 is 5.32 Å². The van der Waals surface area contributed by atoms with Crippen molar-refractivity contribution in [1.82, 2.24) is 20.1 Å². The maximum absolute atomic E-state index is 5.52. The summed E-state index contributed by atoms with van der Waals surface area (Å²) in [5.41, 5.74) is 4.55. The molecule has 0 aliphatic heterocycles. The maximum atomic E-state index is 5.52. The van der Waals surface area contributed by atoms with Crippen molar-refractivity contribution in [1.29, 1.82) is 0 Å². The van der Waals surface area contributed by atoms with Gasteiger partial charge in [0, 0.05) is 42.0 Å². The van der Waals surface area contributed by atoms with Gasteiger partial charge >= 0.3 is 0 Å². The van der Waals surface area contributed by atoms with Gasteiger partial charge in [-0.05, 0) is 42.5 Å². The van der Waals surface area contributed by atoms with Crippen molar-refractivity contribution in [2.75, 3.05) is 11.9 Å². The third kappa shape index (κ3) is 3.80. The van der Waals surface area contributed by atoms with Gasteiger partial charge < -0.3 is 9.84 Å². The van der Waals surface area contributed by atoms with Crippen LogP contribution in [-0.2, 0) is 12.8 Å². The van der Waals surface area contributed by atoms with Crippen molar-refractivity contribution in [2.24, 2.45) is 0 Å². The molecule has 0 spiro atoms. The van der Waals surface area contributed by atoms with Crippen molar-refractivity contribution >= 4 is 17.3 Å². The molecule has 0 fully saturated rings. The molecule has 0 aliphatic carbocycles. The van der Waals surface area contributed by atoms with Crippen LogP contribution in [0.25, 0.3) is 22.4 Å². The minimum absolute atomic E-state index is 0.604. The molecule has 0 saturated carbocycles. The van der Waals surface area contributed by atoms with Crippen molar-refractivity contribution in [2.45, 2.75) is 26.7 Å². The van der Waals surface area contributed by atoms with Crippen LogP contribution in [0.3, 0.4) is 0 Å². The predicted octanol–water partition coefficient (Wildman–Crippen LogP) is 4.78. The fourth-order valence-corrected chi connectivity index (χ4v) is 3.82. The van der Waals surface area contributed by atoms with E-state index in [4.69, 9.17) is 9.51 Å². The highest BCUT2D eigenvalue weighted by molar-refractivity contribution is 7.09. The summed E-state index contributed by atoms with van der Waals surface area (Å²) in [5, 5.41) is 9.59. The fourth-order valence-electron chi connectivity index (χ4n) is 3.11. The number of hydrogen-bond donors (Lipinski definition) is 1. The summed E-state index contributed by atoms with van der Waals surface area (Å²) in [7, 11) is 0. The van der Waals surface area contributed by atoms with Gasteiger partial charge in [0.2, 0.25) is 5.95 Å². The van der Waals surface area contributed by atoms with E-state index in [0.29, 0.717) is 5.95 Å². The summed E-state index contributed by atoms with van der Waals surface area (Å²) in [6, 6.07) is 8.12. The minimum Gasteiger partial charge on any atom is -0.360 e. The highest BCUT2D eigenvalue weighted by Gasteiger charge is 2.20. The Balaban J connectivity index is 1.70. The molecule has 4 rings (SSSR count). The van der Waals surface area contributed by atoms with Gasteiger partial charge in [0.05, 0.1) is 17.0 Å². The molecule has 0 amide bonds. The molecule has 0 aromatic carbocycles. The molecule has 142 valence electrons. The van der Waals surface area contributed by atoms with E-state index >= 15 is 0 Å². The SMILES string of the molecule is CCc1onc(C)c1-c1nc(NCCc2cccs2)ncc1-c1ccncc1. The first kappa shape index (κ1) is 18.3. The van der Waals surface area contributed by atoms with E-state index in [2.05, 4.69) is 44.9 Å². The van der Waals surface area contributed by atoms with Gasteiger partial charge in [-0.1, -0.05) is 18.1 Å². The van der Waals surface area contributed by atoms with Gasteiger partial charge in [-0.25, -0.2) is 9.97 Å². The Morgan fingerprint density at radius 3 is 2.79 bits per heavy atom. The molecule has 0 saturated heterocycles. The number of nitrogens with one attached hydrogen (secondary N) is 1. The van der Waals surface area contributed by atoms with E-state index in [-0.39, 0.29) is 0 Å². The molecule has 0 bridgehead atoms. The predicted molar refractivity (Wildman–Crippen MR) is 111 cm³/mol. The number of thiophene rings is 1. The lowest BCUT2D eigenvalue weighted by Gasteiger charge is -2.11. The summed E-state index contributed by atoms with van der Waals surface area (Å²) in [6.45, 7) is 4.77. The molecule has 4 aromatic rings. The zero-order valence-corrected chi connectivity index (χ0v) is 16.7. The van der Waals surface area contributed by atoms with E-state index in [9.17, 15) is 0 Å². The number of anilines is 1. The quantitative estimate of drug-likeness (QED) is 0.488. The van der Waals surface area contributed by atoms with Crippen LogP contribution >= 0.6 is 11.3 Å². The fraction of sp³-hybridized carbons (Fsp3) is 0.238. The Hall–Kier alpha value is -3.06. The molecule has 28 heavy (non-hydrogen) atoms. The normalized spacial score (nSPS) is 10.9. The van der Waals surface area contributed by atoms with E-state index in [0.717, 1.165) is 53.2 Å². The third-order valence-electron chi connectivity index (χ3n) is 4.51. The molecule has 4 aromatic heterocycles. The van der Waals surface area contributed by atoms with Crippen molar-refractivity contribution in [3.8, 4) is 22.4 Å². The van der Waals surface area contributed by atoms with Gasteiger partial charge in [-0.2, -0.15) is 0 Å². The van der Waals surface area contributed by atoms with Crippen molar-refractivity contribution in [3.63, 3.8) is 0 Å². The van der Waals surface area contributed by atoms with Crippen LogP contribution in [-0.4, -0.2) is 26.7 Å². The van der Waals surface area contributed by atoms with Crippen molar-refractivity contribution < 1.29 is 4.52 Å². The second-order valence-corrected chi connectivity index (χ2v) is 7.40. The molecular weight excluding hydrogens is 370 g/mol. The number of aryl methyl sites for hydroxylation is 2. The lowest BCUT2D eigenvalue weighted by atomic mass is 10.00. The van der Waals surface area contributed by atoms with Gasteiger partial charge in [-0.3, -0.25) is 4.98 Å². The molecule has 7 heteroatoms. The topological polar surface area (TPSA) is 76.7 Å². The van der Waals surface area contributed by atoms with E-state index in [1.165, 1.54) is 4.88 Å². The summed E-state index contributed by atoms with van der Waals surface area (Å²) in [4.78, 5) is 14.8. The lowest BCUT2D eigenvalue weighted by Crippen LogP contribution is -2.08. The van der Waals surface area contributed by atoms with Crippen LogP contribution in [0.4, 0.5) is 5.95 Å². The lowest BCUT2D eigenvalue weighted by molar-refractivity contribution is 0.383. The number of nitrogens with zero attached hydrogens (tertiary/aromatic N) is 4. The summed E-state index contributed by atoms with van der Waals surface area (Å²) < 4.78 is 5.52. The molecule has 6 nitrogen and oxygen atoms in total. The van der Waals surface area contributed by atoms with E-state index < -0.39 is 0 Å². The zero-order valence-electron chi connectivity index (χ0n) is 15.8. The monoisotopic (exact) mass is 391 g/mol. The Labute approximate surface area is 167 Å². The van der Waals surface area contributed by atoms with Crippen molar-refractivity contribution in [3.05, 3.63) is 64.6 Å². The third-order valence-corrected chi connectivity index (χ3v) is 5.44. The summed E-state index contributed by atoms with van der Waals surface area (Å²) in [5.74, 6) is 1.43. The second kappa shape index (κ2) is 8.31. The number of aromatic nitrogens is 4. The first-order chi connectivity index (χ1) is 13.8. The van der Waals surface area contributed by atoms with Gasteiger partial charge in [0.1, 0.15) is 5.76 Å². The van der Waals surface area contributed by atoms with Gasteiger partial charge in [0.25, 0.3) is 0 Å². The molecular formula is C21H21N5OS. The highest BCUT2D eigenvalue weighted by Crippen LogP contribution is 2.34. The van der Waals surface area contributed by atoms with Crippen LogP contribution in [0.2, 0.25) is 0 Å². The average Bonchev–Trinajstić information content (AvgIpc) is 3.38. The Morgan fingerprint density at radius 2 is 2.04 bits per heavy atom. The Morgan fingerprint density at radius 1 is 1.18 bits per heavy atom. The summed E-state index contributed by atoms with van der Waals surface area (Å²) >= 11 is 1.76. The highest BCUT2D eigenvalue weighted by atomic mass is 32.1. The molecule has 0 unspecified atom stereocenters.